The van der Waals surface area contributed by atoms with E-state index in [1.165, 1.54) is 17.6 Å². The molecule has 0 aliphatic heterocycles. The molecule has 9 heteroatoms. The second-order valence-corrected chi connectivity index (χ2v) is 10.4. The Morgan fingerprint density at radius 3 is 2.03 bits per heavy atom. The van der Waals surface area contributed by atoms with Crippen LogP contribution >= 0.6 is 34.5 Å². The van der Waals surface area contributed by atoms with Crippen molar-refractivity contribution in [2.24, 2.45) is 5.10 Å². The second kappa shape index (κ2) is 9.09. The number of hydrogen-bond acceptors (Lipinski definition) is 5. The molecule has 0 unspecified atom stereocenters. The van der Waals surface area contributed by atoms with Crippen LogP contribution in [0.25, 0.3) is 0 Å². The third-order valence-electron chi connectivity index (χ3n) is 3.79. The molecule has 0 aliphatic carbocycles. The zero-order chi connectivity index (χ0) is 21.0. The molecule has 1 amide bonds. The average molecular weight is 467 g/mol. The maximum absolute atomic E-state index is 12.4. The van der Waals surface area contributed by atoms with Crippen molar-refractivity contribution in [2.75, 3.05) is 6.26 Å². The Bertz CT molecular complexity index is 1150. The molecule has 0 atom stereocenters. The fraction of sp³-hybridized carbons (Fsp3) is 0.100. The minimum absolute atomic E-state index is 0.0529. The number of rotatable bonds is 6. The number of nitrogens with zero attached hydrogens (tertiary/aromatic N) is 1. The van der Waals surface area contributed by atoms with E-state index in [4.69, 9.17) is 23.2 Å². The molecular formula is C20H16Cl2N2O3S2. The van der Waals surface area contributed by atoms with Crippen LogP contribution in [-0.4, -0.2) is 26.3 Å². The van der Waals surface area contributed by atoms with Crippen LogP contribution in [0.4, 0.5) is 0 Å². The van der Waals surface area contributed by atoms with E-state index in [9.17, 15) is 13.2 Å². The van der Waals surface area contributed by atoms with E-state index in [2.05, 4.69) is 10.5 Å². The van der Waals surface area contributed by atoms with Gasteiger partial charge in [-0.3, -0.25) is 4.79 Å². The van der Waals surface area contributed by atoms with Gasteiger partial charge in [-0.25, -0.2) is 13.8 Å². The number of halogens is 2. The highest BCUT2D eigenvalue weighted by Gasteiger charge is 2.14. The Morgan fingerprint density at radius 2 is 1.48 bits per heavy atom. The SMILES string of the molecule is CS(=O)(=O)Cc1ccc(C(=NNC(=O)c2ccc(Cl)cc2)c2ccc(Cl)cc2)s1. The lowest BCUT2D eigenvalue weighted by Gasteiger charge is -2.07. The average Bonchev–Trinajstić information content (AvgIpc) is 3.10. The molecule has 0 spiro atoms. The number of hydrogen-bond donors (Lipinski definition) is 1. The molecule has 0 aliphatic rings. The molecule has 0 bridgehead atoms. The van der Waals surface area contributed by atoms with Gasteiger partial charge in [0.1, 0.15) is 5.71 Å². The number of amides is 1. The number of carbonyl (C=O) groups is 1. The van der Waals surface area contributed by atoms with Crippen molar-refractivity contribution in [1.29, 1.82) is 0 Å². The van der Waals surface area contributed by atoms with Gasteiger partial charge in [0.05, 0.1) is 10.6 Å². The van der Waals surface area contributed by atoms with Crippen molar-refractivity contribution in [3.05, 3.63) is 91.6 Å². The molecule has 5 nitrogen and oxygen atoms in total. The standard InChI is InChI=1S/C20H16Cl2N2O3S2/c1-29(26,27)12-17-10-11-18(28-17)19(13-2-6-15(21)7-3-13)23-24-20(25)14-4-8-16(22)9-5-14/h2-11H,12H2,1H3,(H,24,25). The summed E-state index contributed by atoms with van der Waals surface area (Å²) in [5, 5.41) is 5.41. The van der Waals surface area contributed by atoms with Crippen LogP contribution < -0.4 is 5.43 Å². The highest BCUT2D eigenvalue weighted by molar-refractivity contribution is 7.90. The van der Waals surface area contributed by atoms with Crippen LogP contribution in [0, 0.1) is 0 Å². The first-order valence-electron chi connectivity index (χ1n) is 8.37. The quantitative estimate of drug-likeness (QED) is 0.419. The summed E-state index contributed by atoms with van der Waals surface area (Å²) in [4.78, 5) is 13.8. The van der Waals surface area contributed by atoms with Crippen LogP contribution in [0.5, 0.6) is 0 Å². The van der Waals surface area contributed by atoms with Gasteiger partial charge in [-0.15, -0.1) is 11.3 Å². The highest BCUT2D eigenvalue weighted by atomic mass is 35.5. The van der Waals surface area contributed by atoms with Crippen LogP contribution in [0.3, 0.4) is 0 Å². The normalized spacial score (nSPS) is 12.0. The zero-order valence-electron chi connectivity index (χ0n) is 15.2. The Hall–Kier alpha value is -2.19. The van der Waals surface area contributed by atoms with E-state index >= 15 is 0 Å². The van der Waals surface area contributed by atoms with E-state index in [1.807, 2.05) is 0 Å². The predicted molar refractivity (Wildman–Crippen MR) is 119 cm³/mol. The maximum atomic E-state index is 12.4. The minimum atomic E-state index is -3.15. The maximum Gasteiger partial charge on any atom is 0.271 e. The summed E-state index contributed by atoms with van der Waals surface area (Å²) < 4.78 is 23.2. The molecule has 150 valence electrons. The van der Waals surface area contributed by atoms with Gasteiger partial charge in [-0.2, -0.15) is 5.10 Å². The largest absolute Gasteiger partial charge is 0.271 e. The Morgan fingerprint density at radius 1 is 0.931 bits per heavy atom. The Kier molecular flexibility index (Phi) is 6.74. The molecule has 1 heterocycles. The van der Waals surface area contributed by atoms with Crippen molar-refractivity contribution in [1.82, 2.24) is 5.43 Å². The topological polar surface area (TPSA) is 75.6 Å². The minimum Gasteiger partial charge on any atom is -0.267 e. The molecule has 0 saturated heterocycles. The summed E-state index contributed by atoms with van der Waals surface area (Å²) in [5.41, 5.74) is 4.21. The molecule has 2 aromatic carbocycles. The molecule has 3 rings (SSSR count). The van der Waals surface area contributed by atoms with Crippen molar-refractivity contribution in [3.8, 4) is 0 Å². The summed E-state index contributed by atoms with van der Waals surface area (Å²) in [6, 6.07) is 17.0. The first-order valence-corrected chi connectivity index (χ1v) is 12.0. The van der Waals surface area contributed by atoms with E-state index in [0.717, 1.165) is 10.4 Å². The van der Waals surface area contributed by atoms with Crippen molar-refractivity contribution >= 4 is 56.0 Å². The summed E-state index contributed by atoms with van der Waals surface area (Å²) in [6.45, 7) is 0. The number of sulfone groups is 1. The molecular weight excluding hydrogens is 451 g/mol. The zero-order valence-corrected chi connectivity index (χ0v) is 18.4. The summed E-state index contributed by atoms with van der Waals surface area (Å²) >= 11 is 13.1. The summed E-state index contributed by atoms with van der Waals surface area (Å²) in [5.74, 6) is -0.441. The molecule has 1 aromatic heterocycles. The molecule has 29 heavy (non-hydrogen) atoms. The Labute approximate surface area is 182 Å². The molecule has 3 aromatic rings. The molecule has 0 saturated carbocycles. The summed E-state index contributed by atoms with van der Waals surface area (Å²) in [6.07, 6.45) is 1.19. The van der Waals surface area contributed by atoms with Crippen molar-refractivity contribution < 1.29 is 13.2 Å². The van der Waals surface area contributed by atoms with Gasteiger partial charge in [0, 0.05) is 32.3 Å². The first kappa shape index (κ1) is 21.5. The second-order valence-electron chi connectivity index (χ2n) is 6.25. The fourth-order valence-electron chi connectivity index (χ4n) is 2.48. The van der Waals surface area contributed by atoms with E-state index < -0.39 is 9.84 Å². The van der Waals surface area contributed by atoms with Crippen LogP contribution in [0.15, 0.2) is 65.8 Å². The lowest BCUT2D eigenvalue weighted by Crippen LogP contribution is -2.20. The number of benzene rings is 2. The molecule has 0 fully saturated rings. The smallest absolute Gasteiger partial charge is 0.267 e. The first-order chi connectivity index (χ1) is 13.7. The molecule has 1 N–H and O–H groups in total. The third-order valence-corrected chi connectivity index (χ3v) is 6.41. The van der Waals surface area contributed by atoms with Crippen LogP contribution in [0.1, 0.15) is 25.7 Å². The van der Waals surface area contributed by atoms with E-state index in [0.29, 0.717) is 26.2 Å². The van der Waals surface area contributed by atoms with E-state index in [-0.39, 0.29) is 11.7 Å². The number of hydrazone groups is 1. The highest BCUT2D eigenvalue weighted by Crippen LogP contribution is 2.23. The van der Waals surface area contributed by atoms with Gasteiger partial charge >= 0.3 is 0 Å². The van der Waals surface area contributed by atoms with E-state index in [1.54, 1.807) is 60.7 Å². The molecule has 0 radical (unpaired) electrons. The van der Waals surface area contributed by atoms with Crippen LogP contribution in [-0.2, 0) is 15.6 Å². The van der Waals surface area contributed by atoms with Gasteiger partial charge in [0.15, 0.2) is 9.84 Å². The van der Waals surface area contributed by atoms with Crippen molar-refractivity contribution in [2.45, 2.75) is 5.75 Å². The third kappa shape index (κ3) is 6.14. The monoisotopic (exact) mass is 466 g/mol. The predicted octanol–water partition coefficient (Wildman–Crippen LogP) is 4.78. The van der Waals surface area contributed by atoms with Gasteiger partial charge in [0.2, 0.25) is 0 Å². The van der Waals surface area contributed by atoms with Crippen LogP contribution in [0.2, 0.25) is 10.0 Å². The number of thiophene rings is 1. The van der Waals surface area contributed by atoms with Gasteiger partial charge in [-0.1, -0.05) is 35.3 Å². The lowest BCUT2D eigenvalue weighted by molar-refractivity contribution is 0.0955. The fourth-order valence-corrected chi connectivity index (χ4v) is 5.04. The van der Waals surface area contributed by atoms with Crippen molar-refractivity contribution in [3.63, 3.8) is 0 Å². The lowest BCUT2D eigenvalue weighted by atomic mass is 10.1. The number of carbonyl (C=O) groups excluding carboxylic acids is 1. The number of nitrogens with one attached hydrogen (secondary N) is 1. The van der Waals surface area contributed by atoms with Gasteiger partial charge in [0.25, 0.3) is 5.91 Å². The van der Waals surface area contributed by atoms with Gasteiger partial charge in [-0.05, 0) is 48.5 Å². The summed E-state index contributed by atoms with van der Waals surface area (Å²) in [7, 11) is -3.15. The Balaban J connectivity index is 1.93. The van der Waals surface area contributed by atoms with Gasteiger partial charge < -0.3 is 0 Å².